The second kappa shape index (κ2) is 7.08. The normalized spacial score (nSPS) is 10.9. The van der Waals surface area contributed by atoms with E-state index in [9.17, 15) is 0 Å². The molecule has 0 atom stereocenters. The van der Waals surface area contributed by atoms with Gasteiger partial charge in [0.25, 0.3) is 0 Å². The van der Waals surface area contributed by atoms with Crippen molar-refractivity contribution in [3.05, 3.63) is 52.6 Å². The molecule has 0 aliphatic heterocycles. The molecule has 19 heavy (non-hydrogen) atoms. The zero-order valence-corrected chi connectivity index (χ0v) is 13.5. The Morgan fingerprint density at radius 2 is 2.11 bits per heavy atom. The van der Waals surface area contributed by atoms with E-state index in [0.29, 0.717) is 6.04 Å². The molecule has 0 amide bonds. The summed E-state index contributed by atoms with van der Waals surface area (Å²) < 4.78 is 1.14. The lowest BCUT2D eigenvalue weighted by Crippen LogP contribution is -2.21. The highest BCUT2D eigenvalue weighted by Gasteiger charge is 2.04. The van der Waals surface area contributed by atoms with E-state index in [2.05, 4.69) is 58.3 Å². The van der Waals surface area contributed by atoms with E-state index in [-0.39, 0.29) is 0 Å². The van der Waals surface area contributed by atoms with Crippen LogP contribution >= 0.6 is 27.7 Å². The van der Waals surface area contributed by atoms with Crippen LogP contribution in [0.2, 0.25) is 0 Å². The first-order valence-electron chi connectivity index (χ1n) is 6.26. The van der Waals surface area contributed by atoms with Crippen molar-refractivity contribution in [1.29, 1.82) is 0 Å². The molecule has 0 bridgehead atoms. The van der Waals surface area contributed by atoms with Crippen LogP contribution in [0.5, 0.6) is 0 Å². The Kier molecular flexibility index (Phi) is 5.43. The molecule has 4 heteroatoms. The van der Waals surface area contributed by atoms with Gasteiger partial charge in [0, 0.05) is 28.2 Å². The molecule has 0 aliphatic carbocycles. The second-order valence-electron chi connectivity index (χ2n) is 4.56. The zero-order valence-electron chi connectivity index (χ0n) is 11.1. The van der Waals surface area contributed by atoms with Crippen LogP contribution in [0.25, 0.3) is 0 Å². The van der Waals surface area contributed by atoms with Gasteiger partial charge in [0.1, 0.15) is 5.03 Å². The van der Waals surface area contributed by atoms with Gasteiger partial charge in [0.2, 0.25) is 0 Å². The summed E-state index contributed by atoms with van der Waals surface area (Å²) in [4.78, 5) is 5.51. The number of nitrogens with one attached hydrogen (secondary N) is 1. The van der Waals surface area contributed by atoms with Gasteiger partial charge >= 0.3 is 0 Å². The molecule has 0 saturated carbocycles. The van der Waals surface area contributed by atoms with E-state index in [1.165, 1.54) is 10.5 Å². The Balaban J connectivity index is 2.06. The fraction of sp³-hybridized carbons (Fsp3) is 0.267. The van der Waals surface area contributed by atoms with E-state index < -0.39 is 0 Å². The van der Waals surface area contributed by atoms with Crippen molar-refractivity contribution in [2.45, 2.75) is 36.4 Å². The van der Waals surface area contributed by atoms with Crippen molar-refractivity contribution in [2.75, 3.05) is 0 Å². The summed E-state index contributed by atoms with van der Waals surface area (Å²) in [6, 6.07) is 12.9. The van der Waals surface area contributed by atoms with Gasteiger partial charge in [-0.3, -0.25) is 0 Å². The summed E-state index contributed by atoms with van der Waals surface area (Å²) in [6.07, 6.45) is 1.82. The molecule has 1 aromatic heterocycles. The average Bonchev–Trinajstić information content (AvgIpc) is 2.39. The Hall–Kier alpha value is -0.840. The third-order valence-electron chi connectivity index (χ3n) is 2.59. The lowest BCUT2D eigenvalue weighted by atomic mass is 10.2. The monoisotopic (exact) mass is 336 g/mol. The van der Waals surface area contributed by atoms with Crippen molar-refractivity contribution in [1.82, 2.24) is 10.3 Å². The second-order valence-corrected chi connectivity index (χ2v) is 6.51. The quantitative estimate of drug-likeness (QED) is 0.870. The highest BCUT2D eigenvalue weighted by atomic mass is 79.9. The fourth-order valence-corrected chi connectivity index (χ4v) is 3.06. The summed E-state index contributed by atoms with van der Waals surface area (Å²) in [5, 5.41) is 4.44. The van der Waals surface area contributed by atoms with Gasteiger partial charge in [-0.15, -0.1) is 0 Å². The Bertz CT molecular complexity index is 529. The molecule has 100 valence electrons. The lowest BCUT2D eigenvalue weighted by molar-refractivity contribution is 0.587. The van der Waals surface area contributed by atoms with E-state index >= 15 is 0 Å². The number of hydrogen-bond acceptors (Lipinski definition) is 3. The van der Waals surface area contributed by atoms with Gasteiger partial charge in [0.05, 0.1) is 0 Å². The van der Waals surface area contributed by atoms with Crippen LogP contribution in [0.15, 0.2) is 57.0 Å². The number of benzene rings is 1. The van der Waals surface area contributed by atoms with E-state index in [4.69, 9.17) is 0 Å². The van der Waals surface area contributed by atoms with Gasteiger partial charge in [-0.25, -0.2) is 4.98 Å². The molecule has 0 saturated heterocycles. The number of hydrogen-bond donors (Lipinski definition) is 1. The maximum Gasteiger partial charge on any atom is 0.101 e. The van der Waals surface area contributed by atoms with Crippen LogP contribution in [0.1, 0.15) is 19.4 Å². The van der Waals surface area contributed by atoms with Crippen LogP contribution in [0, 0.1) is 0 Å². The highest BCUT2D eigenvalue weighted by Crippen LogP contribution is 2.29. The van der Waals surface area contributed by atoms with Gasteiger partial charge in [-0.1, -0.05) is 53.7 Å². The molecule has 2 nitrogen and oxygen atoms in total. The van der Waals surface area contributed by atoms with Crippen LogP contribution in [0.3, 0.4) is 0 Å². The lowest BCUT2D eigenvalue weighted by Gasteiger charge is -2.10. The van der Waals surface area contributed by atoms with E-state index in [1.807, 2.05) is 24.4 Å². The molecule has 2 rings (SSSR count). The average molecular weight is 337 g/mol. The molecule has 0 fully saturated rings. The third-order valence-corrected chi connectivity index (χ3v) is 4.26. The summed E-state index contributed by atoms with van der Waals surface area (Å²) in [7, 11) is 0. The van der Waals surface area contributed by atoms with Crippen molar-refractivity contribution in [3.8, 4) is 0 Å². The van der Waals surface area contributed by atoms with E-state index in [1.54, 1.807) is 11.8 Å². The molecule has 1 aromatic carbocycles. The Morgan fingerprint density at radius 1 is 1.26 bits per heavy atom. The van der Waals surface area contributed by atoms with Gasteiger partial charge < -0.3 is 5.32 Å². The first-order chi connectivity index (χ1) is 9.15. The molecule has 0 radical (unpaired) electrons. The summed E-state index contributed by atoms with van der Waals surface area (Å²) in [6.45, 7) is 5.19. The topological polar surface area (TPSA) is 24.9 Å². The minimum atomic E-state index is 0.495. The fourth-order valence-electron chi connectivity index (χ4n) is 1.58. The number of halogens is 1. The Labute approximate surface area is 127 Å². The summed E-state index contributed by atoms with van der Waals surface area (Å²) in [5.74, 6) is 0. The van der Waals surface area contributed by atoms with E-state index in [0.717, 1.165) is 16.0 Å². The molecule has 1 heterocycles. The van der Waals surface area contributed by atoms with Gasteiger partial charge in [0.15, 0.2) is 0 Å². The predicted octanol–water partition coefficient (Wildman–Crippen LogP) is 4.49. The largest absolute Gasteiger partial charge is 0.310 e. The minimum absolute atomic E-state index is 0.495. The predicted molar refractivity (Wildman–Crippen MR) is 84.5 cm³/mol. The molecule has 1 N–H and O–H groups in total. The number of aromatic nitrogens is 1. The third kappa shape index (κ3) is 4.64. The van der Waals surface area contributed by atoms with Crippen molar-refractivity contribution in [2.24, 2.45) is 0 Å². The van der Waals surface area contributed by atoms with Crippen molar-refractivity contribution >= 4 is 27.7 Å². The molecule has 0 unspecified atom stereocenters. The molecule has 2 aromatic rings. The minimum Gasteiger partial charge on any atom is -0.310 e. The smallest absolute Gasteiger partial charge is 0.101 e. The van der Waals surface area contributed by atoms with Crippen LogP contribution < -0.4 is 5.32 Å². The zero-order chi connectivity index (χ0) is 13.7. The first kappa shape index (κ1) is 14.6. The molecular formula is C15H17BrN2S. The highest BCUT2D eigenvalue weighted by molar-refractivity contribution is 9.10. The number of rotatable bonds is 5. The van der Waals surface area contributed by atoms with Crippen LogP contribution in [-0.4, -0.2) is 11.0 Å². The number of pyridine rings is 1. The Morgan fingerprint density at radius 3 is 2.74 bits per heavy atom. The van der Waals surface area contributed by atoms with Gasteiger partial charge in [-0.2, -0.15) is 0 Å². The maximum atomic E-state index is 4.32. The first-order valence-corrected chi connectivity index (χ1v) is 7.87. The van der Waals surface area contributed by atoms with Crippen LogP contribution in [-0.2, 0) is 6.54 Å². The SMILES string of the molecule is CC(C)NCc1ccc(Sc2ccccn2)cc1Br. The molecular weight excluding hydrogens is 320 g/mol. The number of nitrogens with zero attached hydrogens (tertiary/aromatic N) is 1. The maximum absolute atomic E-state index is 4.32. The molecule has 0 spiro atoms. The summed E-state index contributed by atoms with van der Waals surface area (Å²) in [5.41, 5.74) is 1.28. The van der Waals surface area contributed by atoms with Gasteiger partial charge in [-0.05, 0) is 29.8 Å². The standard InChI is InChI=1S/C15H17BrN2S/c1-11(2)18-10-12-6-7-13(9-14(12)16)19-15-5-3-4-8-17-15/h3-9,11,18H,10H2,1-2H3. The van der Waals surface area contributed by atoms with Crippen LogP contribution in [0.4, 0.5) is 0 Å². The van der Waals surface area contributed by atoms with Crippen molar-refractivity contribution in [3.63, 3.8) is 0 Å². The van der Waals surface area contributed by atoms with Crippen molar-refractivity contribution < 1.29 is 0 Å². The summed E-state index contributed by atoms with van der Waals surface area (Å²) >= 11 is 5.31. The molecule has 0 aliphatic rings.